The molecule has 1 heterocycles. The normalized spacial score (nSPS) is 12.7. The fourth-order valence-corrected chi connectivity index (χ4v) is 2.40. The summed E-state index contributed by atoms with van der Waals surface area (Å²) in [6.45, 7) is 4.20. The van der Waals surface area contributed by atoms with Crippen molar-refractivity contribution in [3.63, 3.8) is 0 Å². The molecule has 0 radical (unpaired) electrons. The highest BCUT2D eigenvalue weighted by Gasteiger charge is 2.22. The van der Waals surface area contributed by atoms with Gasteiger partial charge in [0.1, 0.15) is 11.6 Å². The summed E-state index contributed by atoms with van der Waals surface area (Å²) in [7, 11) is 0. The van der Waals surface area contributed by atoms with Crippen molar-refractivity contribution in [2.24, 2.45) is 5.73 Å². The van der Waals surface area contributed by atoms with Crippen LogP contribution in [-0.2, 0) is 6.54 Å². The van der Waals surface area contributed by atoms with E-state index in [-0.39, 0.29) is 5.56 Å². The number of benzene rings is 1. The van der Waals surface area contributed by atoms with Crippen molar-refractivity contribution in [2.45, 2.75) is 32.9 Å². The summed E-state index contributed by atoms with van der Waals surface area (Å²) in [6.07, 6.45) is 2.34. The predicted octanol–water partition coefficient (Wildman–Crippen LogP) is 3.58. The van der Waals surface area contributed by atoms with Gasteiger partial charge in [0.25, 0.3) is 0 Å². The molecule has 0 amide bonds. The highest BCUT2D eigenvalue weighted by atomic mass is 35.5. The van der Waals surface area contributed by atoms with Gasteiger partial charge >= 0.3 is 0 Å². The molecule has 2 rings (SSSR count). The zero-order valence-electron chi connectivity index (χ0n) is 11.3. The molecule has 1 aromatic carbocycles. The Morgan fingerprint density at radius 1 is 1.35 bits per heavy atom. The maximum Gasteiger partial charge on any atom is 0.131 e. The lowest BCUT2D eigenvalue weighted by molar-refractivity contribution is 0.535. The smallest absolute Gasteiger partial charge is 0.131 e. The summed E-state index contributed by atoms with van der Waals surface area (Å²) in [5.74, 6) is -1.27. The summed E-state index contributed by atoms with van der Waals surface area (Å²) < 4.78 is 28.9. The van der Waals surface area contributed by atoms with Crippen molar-refractivity contribution in [3.8, 4) is 0 Å². The molecule has 3 nitrogen and oxygen atoms in total. The first-order valence-electron chi connectivity index (χ1n) is 6.38. The minimum absolute atomic E-state index is 0.212. The molecule has 1 unspecified atom stereocenters. The number of aromatic nitrogens is 2. The third-order valence-corrected chi connectivity index (χ3v) is 3.47. The molecule has 2 N–H and O–H groups in total. The standard InChI is InChI=1S/C14H16ClF2N3/c1-3-4-20-14(10(15)7-19-20)13(18)9-5-8(2)11(16)6-12(9)17/h5-7,13H,3-4,18H2,1-2H3. The maximum atomic E-state index is 13.9. The van der Waals surface area contributed by atoms with Crippen LogP contribution in [0.4, 0.5) is 8.78 Å². The Bertz CT molecular complexity index is 625. The Morgan fingerprint density at radius 3 is 2.70 bits per heavy atom. The van der Waals surface area contributed by atoms with E-state index < -0.39 is 17.7 Å². The number of hydrogen-bond acceptors (Lipinski definition) is 2. The summed E-state index contributed by atoms with van der Waals surface area (Å²) in [5, 5.41) is 4.51. The second-order valence-electron chi connectivity index (χ2n) is 4.70. The zero-order valence-corrected chi connectivity index (χ0v) is 12.1. The largest absolute Gasteiger partial charge is 0.319 e. The monoisotopic (exact) mass is 299 g/mol. The highest BCUT2D eigenvalue weighted by molar-refractivity contribution is 6.31. The lowest BCUT2D eigenvalue weighted by atomic mass is 10.0. The van der Waals surface area contributed by atoms with Crippen LogP contribution in [0.1, 0.15) is 36.2 Å². The molecule has 0 fully saturated rings. The van der Waals surface area contributed by atoms with Crippen LogP contribution in [0.15, 0.2) is 18.3 Å². The molecule has 108 valence electrons. The fraction of sp³-hybridized carbons (Fsp3) is 0.357. The van der Waals surface area contributed by atoms with Crippen molar-refractivity contribution in [2.75, 3.05) is 0 Å². The molecule has 6 heteroatoms. The van der Waals surface area contributed by atoms with Crippen LogP contribution in [0.25, 0.3) is 0 Å². The van der Waals surface area contributed by atoms with Gasteiger partial charge < -0.3 is 5.73 Å². The van der Waals surface area contributed by atoms with Crippen LogP contribution in [-0.4, -0.2) is 9.78 Å². The van der Waals surface area contributed by atoms with Gasteiger partial charge in [-0.15, -0.1) is 0 Å². The minimum atomic E-state index is -0.782. The molecule has 1 atom stereocenters. The first-order valence-corrected chi connectivity index (χ1v) is 6.75. The first-order chi connectivity index (χ1) is 9.45. The van der Waals surface area contributed by atoms with Crippen molar-refractivity contribution in [1.29, 1.82) is 0 Å². The Hall–Kier alpha value is -1.46. The molecule has 0 aliphatic heterocycles. The fourth-order valence-electron chi connectivity index (χ4n) is 2.14. The van der Waals surface area contributed by atoms with Gasteiger partial charge in [0, 0.05) is 18.2 Å². The van der Waals surface area contributed by atoms with E-state index in [2.05, 4.69) is 5.10 Å². The Kier molecular flexibility index (Phi) is 4.40. The molecule has 0 spiro atoms. The second-order valence-corrected chi connectivity index (χ2v) is 5.11. The molecule has 2 aromatic rings. The van der Waals surface area contributed by atoms with Gasteiger partial charge in [0.2, 0.25) is 0 Å². The molecule has 0 aliphatic carbocycles. The minimum Gasteiger partial charge on any atom is -0.319 e. The van der Waals surface area contributed by atoms with Crippen LogP contribution >= 0.6 is 11.6 Å². The molecule has 0 bridgehead atoms. The van der Waals surface area contributed by atoms with Crippen LogP contribution in [0, 0.1) is 18.6 Å². The number of aryl methyl sites for hydroxylation is 2. The van der Waals surface area contributed by atoms with Gasteiger partial charge in [-0.1, -0.05) is 18.5 Å². The lowest BCUT2D eigenvalue weighted by Crippen LogP contribution is -2.19. The number of rotatable bonds is 4. The van der Waals surface area contributed by atoms with Crippen molar-refractivity contribution < 1.29 is 8.78 Å². The van der Waals surface area contributed by atoms with E-state index in [4.69, 9.17) is 17.3 Å². The number of nitrogens with zero attached hydrogens (tertiary/aromatic N) is 2. The SMILES string of the molecule is CCCn1ncc(Cl)c1C(N)c1cc(C)c(F)cc1F. The topological polar surface area (TPSA) is 43.8 Å². The quantitative estimate of drug-likeness (QED) is 0.938. The second kappa shape index (κ2) is 5.89. The van der Waals surface area contributed by atoms with Gasteiger partial charge in [-0.05, 0) is 25.0 Å². The van der Waals surface area contributed by atoms with E-state index in [1.807, 2.05) is 6.92 Å². The number of halogens is 3. The Labute approximate surface area is 121 Å². The summed E-state index contributed by atoms with van der Waals surface area (Å²) >= 11 is 6.09. The van der Waals surface area contributed by atoms with Gasteiger partial charge in [0.05, 0.1) is 23.0 Å². The Morgan fingerprint density at radius 2 is 2.05 bits per heavy atom. The van der Waals surface area contributed by atoms with E-state index in [0.29, 0.717) is 22.8 Å². The van der Waals surface area contributed by atoms with E-state index in [1.54, 1.807) is 11.6 Å². The summed E-state index contributed by atoms with van der Waals surface area (Å²) in [4.78, 5) is 0. The number of hydrogen-bond donors (Lipinski definition) is 1. The van der Waals surface area contributed by atoms with Gasteiger partial charge in [0.15, 0.2) is 0 Å². The average Bonchev–Trinajstić information content (AvgIpc) is 2.75. The van der Waals surface area contributed by atoms with Crippen molar-refractivity contribution >= 4 is 11.6 Å². The third-order valence-electron chi connectivity index (χ3n) is 3.18. The van der Waals surface area contributed by atoms with E-state index >= 15 is 0 Å². The predicted molar refractivity (Wildman–Crippen MR) is 74.7 cm³/mol. The van der Waals surface area contributed by atoms with Crippen molar-refractivity contribution in [1.82, 2.24) is 9.78 Å². The van der Waals surface area contributed by atoms with Crippen LogP contribution in [0.2, 0.25) is 5.02 Å². The molecule has 20 heavy (non-hydrogen) atoms. The van der Waals surface area contributed by atoms with Crippen molar-refractivity contribution in [3.05, 3.63) is 51.8 Å². The van der Waals surface area contributed by atoms with Crippen LogP contribution in [0.3, 0.4) is 0 Å². The van der Waals surface area contributed by atoms with E-state index in [9.17, 15) is 8.78 Å². The molecular weight excluding hydrogens is 284 g/mol. The molecule has 0 saturated heterocycles. The first kappa shape index (κ1) is 14.9. The van der Waals surface area contributed by atoms with Gasteiger partial charge in [-0.3, -0.25) is 4.68 Å². The lowest BCUT2D eigenvalue weighted by Gasteiger charge is -2.16. The Balaban J connectivity index is 2.48. The molecule has 0 saturated carbocycles. The summed E-state index contributed by atoms with van der Waals surface area (Å²) in [6, 6.07) is 1.48. The van der Waals surface area contributed by atoms with Gasteiger partial charge in [-0.25, -0.2) is 8.78 Å². The number of nitrogens with two attached hydrogens (primary N) is 1. The molecule has 0 aliphatic rings. The van der Waals surface area contributed by atoms with Crippen LogP contribution < -0.4 is 5.73 Å². The van der Waals surface area contributed by atoms with Gasteiger partial charge in [-0.2, -0.15) is 5.10 Å². The maximum absolute atomic E-state index is 13.9. The van der Waals surface area contributed by atoms with E-state index in [0.717, 1.165) is 12.5 Å². The third kappa shape index (κ3) is 2.69. The molecule has 1 aromatic heterocycles. The van der Waals surface area contributed by atoms with Crippen LogP contribution in [0.5, 0.6) is 0 Å². The molecular formula is C14H16ClF2N3. The zero-order chi connectivity index (χ0) is 14.9. The average molecular weight is 300 g/mol. The van der Waals surface area contributed by atoms with E-state index in [1.165, 1.54) is 12.3 Å². The highest BCUT2D eigenvalue weighted by Crippen LogP contribution is 2.29. The summed E-state index contributed by atoms with van der Waals surface area (Å²) in [5.41, 5.74) is 7.20.